The fraction of sp³-hybridized carbons (Fsp3) is 1.00. The molecule has 0 atom stereocenters. The molecule has 0 aliphatic carbocycles. The summed E-state index contributed by atoms with van der Waals surface area (Å²) >= 11 is 0. The number of sulfone groups is 1. The Morgan fingerprint density at radius 3 is 1.94 bits per heavy atom. The zero-order valence-electron chi connectivity index (χ0n) is 11.6. The maximum absolute atomic E-state index is 11.9. The Morgan fingerprint density at radius 1 is 1.06 bits per heavy atom. The first-order valence-electron chi connectivity index (χ1n) is 5.99. The van der Waals surface area contributed by atoms with Gasteiger partial charge in [0, 0.05) is 12.1 Å². The van der Waals surface area contributed by atoms with Crippen LogP contribution >= 0.6 is 0 Å². The molecule has 0 fully saturated rings. The average Bonchev–Trinajstić information content (AvgIpc) is 2.00. The molecule has 0 aliphatic rings. The van der Waals surface area contributed by atoms with Crippen LogP contribution in [0.4, 0.5) is 0 Å². The molecule has 98 valence electrons. The Labute approximate surface area is 101 Å². The first-order valence-corrected chi connectivity index (χ1v) is 7.64. The molecule has 0 aromatic carbocycles. The van der Waals surface area contributed by atoms with Crippen molar-refractivity contribution in [2.24, 2.45) is 0 Å². The van der Waals surface area contributed by atoms with Gasteiger partial charge in [-0.25, -0.2) is 8.42 Å². The van der Waals surface area contributed by atoms with Gasteiger partial charge in [0.15, 0.2) is 9.84 Å². The van der Waals surface area contributed by atoms with Crippen LogP contribution in [0, 0.1) is 0 Å². The van der Waals surface area contributed by atoms with Crippen molar-refractivity contribution in [3.8, 4) is 0 Å². The third-order valence-electron chi connectivity index (χ3n) is 2.78. The molecule has 0 bridgehead atoms. The molecule has 1 N–H and O–H groups in total. The van der Waals surface area contributed by atoms with Crippen molar-refractivity contribution in [2.45, 2.75) is 64.7 Å². The summed E-state index contributed by atoms with van der Waals surface area (Å²) in [5.41, 5.74) is 0.0299. The van der Waals surface area contributed by atoms with Gasteiger partial charge in [-0.05, 0) is 41.0 Å². The van der Waals surface area contributed by atoms with E-state index in [0.717, 1.165) is 12.8 Å². The third-order valence-corrected chi connectivity index (χ3v) is 5.39. The molecular formula is C12H27NO2S. The maximum Gasteiger partial charge on any atom is 0.156 e. The van der Waals surface area contributed by atoms with Crippen LogP contribution in [0.3, 0.4) is 0 Å². The Balaban J connectivity index is 4.19. The lowest BCUT2D eigenvalue weighted by molar-refractivity contribution is 0.368. The highest BCUT2D eigenvalue weighted by molar-refractivity contribution is 7.92. The minimum absolute atomic E-state index is 0.0299. The number of hydrogen-bond donors (Lipinski definition) is 1. The molecule has 0 rings (SSSR count). The molecule has 0 saturated carbocycles. The van der Waals surface area contributed by atoms with Crippen molar-refractivity contribution in [1.29, 1.82) is 0 Å². The molecule has 0 aromatic heterocycles. The highest BCUT2D eigenvalue weighted by Crippen LogP contribution is 2.16. The Kier molecular flexibility index (Phi) is 5.47. The Hall–Kier alpha value is -0.0900. The molecule has 0 aromatic rings. The van der Waals surface area contributed by atoms with Gasteiger partial charge in [-0.15, -0.1) is 0 Å². The van der Waals surface area contributed by atoms with Gasteiger partial charge in [0.25, 0.3) is 0 Å². The molecule has 3 nitrogen and oxygen atoms in total. The van der Waals surface area contributed by atoms with E-state index < -0.39 is 14.6 Å². The molecule has 0 aliphatic heterocycles. The van der Waals surface area contributed by atoms with Gasteiger partial charge in [-0.2, -0.15) is 0 Å². The fourth-order valence-electron chi connectivity index (χ4n) is 1.54. The van der Waals surface area contributed by atoms with Crippen LogP contribution in [0.25, 0.3) is 0 Å². The topological polar surface area (TPSA) is 46.2 Å². The Morgan fingerprint density at radius 2 is 1.56 bits per heavy atom. The summed E-state index contributed by atoms with van der Waals surface area (Å²) in [5, 5.41) is 3.31. The van der Waals surface area contributed by atoms with Gasteiger partial charge in [-0.3, -0.25) is 0 Å². The molecule has 4 heteroatoms. The van der Waals surface area contributed by atoms with Crippen molar-refractivity contribution >= 4 is 9.84 Å². The van der Waals surface area contributed by atoms with Crippen LogP contribution in [-0.4, -0.2) is 31.0 Å². The lowest BCUT2D eigenvalue weighted by atomic mass is 9.99. The summed E-state index contributed by atoms with van der Waals surface area (Å²) in [6.07, 6.45) is 2.16. The highest BCUT2D eigenvalue weighted by Gasteiger charge is 2.28. The quantitative estimate of drug-likeness (QED) is 0.786. The second-order valence-corrected chi connectivity index (χ2v) is 8.85. The van der Waals surface area contributed by atoms with Gasteiger partial charge < -0.3 is 5.32 Å². The summed E-state index contributed by atoms with van der Waals surface area (Å²) in [5.74, 6) is 0.212. The molecule has 0 amide bonds. The second kappa shape index (κ2) is 5.50. The minimum Gasteiger partial charge on any atom is -0.311 e. The van der Waals surface area contributed by atoms with Gasteiger partial charge in [0.1, 0.15) is 0 Å². The fourth-order valence-corrected chi connectivity index (χ4v) is 2.53. The predicted octanol–water partition coefficient (Wildman–Crippen LogP) is 2.37. The maximum atomic E-state index is 11.9. The molecule has 0 saturated heterocycles. The number of rotatable bonds is 6. The molecule has 0 radical (unpaired) electrons. The van der Waals surface area contributed by atoms with Gasteiger partial charge >= 0.3 is 0 Å². The third kappa shape index (κ3) is 5.30. The predicted molar refractivity (Wildman–Crippen MR) is 70.5 cm³/mol. The molecule has 16 heavy (non-hydrogen) atoms. The largest absolute Gasteiger partial charge is 0.311 e. The van der Waals surface area contributed by atoms with E-state index in [4.69, 9.17) is 0 Å². The van der Waals surface area contributed by atoms with Crippen molar-refractivity contribution in [1.82, 2.24) is 5.32 Å². The summed E-state index contributed by atoms with van der Waals surface area (Å²) in [6, 6.07) is 0. The first kappa shape index (κ1) is 15.9. The lowest BCUT2D eigenvalue weighted by Gasteiger charge is -2.27. The standard InChI is InChI=1S/C12H27NO2S/c1-7-8-12(5,6)13-9-10-16(14,15)11(2,3)4/h13H,7-10H2,1-6H3. The monoisotopic (exact) mass is 249 g/mol. The van der Waals surface area contributed by atoms with Crippen LogP contribution in [-0.2, 0) is 9.84 Å². The zero-order chi connectivity index (χ0) is 13.0. The van der Waals surface area contributed by atoms with Crippen molar-refractivity contribution in [3.05, 3.63) is 0 Å². The van der Waals surface area contributed by atoms with E-state index in [1.807, 2.05) is 0 Å². The second-order valence-electron chi connectivity index (χ2n) is 5.99. The van der Waals surface area contributed by atoms with E-state index in [1.165, 1.54) is 0 Å². The summed E-state index contributed by atoms with van der Waals surface area (Å²) in [6.45, 7) is 12.1. The van der Waals surface area contributed by atoms with Crippen molar-refractivity contribution in [3.63, 3.8) is 0 Å². The van der Waals surface area contributed by atoms with Crippen LogP contribution in [0.1, 0.15) is 54.4 Å². The van der Waals surface area contributed by atoms with E-state index in [-0.39, 0.29) is 11.3 Å². The van der Waals surface area contributed by atoms with Crippen LogP contribution in [0.15, 0.2) is 0 Å². The first-order chi connectivity index (χ1) is 7.02. The number of hydrogen-bond acceptors (Lipinski definition) is 3. The SMILES string of the molecule is CCCC(C)(C)NCCS(=O)(=O)C(C)(C)C. The van der Waals surface area contributed by atoms with Gasteiger partial charge in [0.2, 0.25) is 0 Å². The van der Waals surface area contributed by atoms with E-state index in [0.29, 0.717) is 6.54 Å². The summed E-state index contributed by atoms with van der Waals surface area (Å²) in [7, 11) is -3.00. The van der Waals surface area contributed by atoms with Crippen LogP contribution < -0.4 is 5.32 Å². The van der Waals surface area contributed by atoms with E-state index in [1.54, 1.807) is 20.8 Å². The molecular weight excluding hydrogens is 222 g/mol. The average molecular weight is 249 g/mol. The van der Waals surface area contributed by atoms with E-state index in [2.05, 4.69) is 26.1 Å². The smallest absolute Gasteiger partial charge is 0.156 e. The Bertz CT molecular complexity index is 299. The van der Waals surface area contributed by atoms with Gasteiger partial charge in [-0.1, -0.05) is 13.3 Å². The van der Waals surface area contributed by atoms with Crippen LogP contribution in [0.2, 0.25) is 0 Å². The normalized spacial score (nSPS) is 14.1. The van der Waals surface area contributed by atoms with Crippen molar-refractivity contribution in [2.75, 3.05) is 12.3 Å². The van der Waals surface area contributed by atoms with Crippen LogP contribution in [0.5, 0.6) is 0 Å². The minimum atomic E-state index is -3.00. The van der Waals surface area contributed by atoms with Gasteiger partial charge in [0.05, 0.1) is 10.5 Å². The zero-order valence-corrected chi connectivity index (χ0v) is 12.4. The van der Waals surface area contributed by atoms with Crippen molar-refractivity contribution < 1.29 is 8.42 Å². The highest BCUT2D eigenvalue weighted by atomic mass is 32.2. The molecule has 0 heterocycles. The summed E-state index contributed by atoms with van der Waals surface area (Å²) in [4.78, 5) is 0. The lowest BCUT2D eigenvalue weighted by Crippen LogP contribution is -2.43. The number of nitrogens with one attached hydrogen (secondary N) is 1. The van der Waals surface area contributed by atoms with E-state index >= 15 is 0 Å². The van der Waals surface area contributed by atoms with E-state index in [9.17, 15) is 8.42 Å². The molecule has 0 unspecified atom stereocenters. The molecule has 0 spiro atoms. The summed E-state index contributed by atoms with van der Waals surface area (Å²) < 4.78 is 23.1.